The van der Waals surface area contributed by atoms with Gasteiger partial charge in [0, 0.05) is 11.3 Å². The highest BCUT2D eigenvalue weighted by Crippen LogP contribution is 2.29. The summed E-state index contributed by atoms with van der Waals surface area (Å²) in [4.78, 5) is 0. The molecule has 0 fully saturated rings. The van der Waals surface area contributed by atoms with Crippen molar-refractivity contribution < 1.29 is 17.9 Å². The maximum Gasteiger partial charge on any atom is 0.150 e. The highest BCUT2D eigenvalue weighted by Gasteiger charge is 2.19. The smallest absolute Gasteiger partial charge is 0.150 e. The molecule has 1 atom stereocenters. The van der Waals surface area contributed by atoms with Crippen LogP contribution in [-0.4, -0.2) is 25.0 Å². The summed E-state index contributed by atoms with van der Waals surface area (Å²) < 4.78 is 28.2. The third kappa shape index (κ3) is 3.59. The number of rotatable bonds is 6. The Bertz CT molecular complexity index is 499. The predicted molar refractivity (Wildman–Crippen MR) is 71.4 cm³/mol. The second kappa shape index (κ2) is 5.89. The summed E-state index contributed by atoms with van der Waals surface area (Å²) in [6.07, 6.45) is 0.273. The van der Waals surface area contributed by atoms with Gasteiger partial charge in [0.15, 0.2) is 0 Å². The van der Waals surface area contributed by atoms with E-state index in [0.29, 0.717) is 12.8 Å². The number of aryl methyl sites for hydroxylation is 2. The molecule has 0 aliphatic rings. The average Bonchev–Trinajstić information content (AvgIpc) is 2.53. The number of aliphatic hydroxyl groups is 1. The molecule has 0 bridgehead atoms. The van der Waals surface area contributed by atoms with Crippen LogP contribution in [0.5, 0.6) is 0 Å². The highest BCUT2D eigenvalue weighted by atomic mass is 32.2. The van der Waals surface area contributed by atoms with E-state index in [-0.39, 0.29) is 11.5 Å². The molecule has 0 aromatic carbocycles. The molecule has 1 aromatic heterocycles. The molecule has 0 aliphatic heterocycles. The van der Waals surface area contributed by atoms with Crippen LogP contribution in [-0.2, 0) is 9.84 Å². The molecule has 104 valence electrons. The van der Waals surface area contributed by atoms with E-state index in [1.54, 1.807) is 6.92 Å². The van der Waals surface area contributed by atoms with Crippen LogP contribution in [0.25, 0.3) is 0 Å². The van der Waals surface area contributed by atoms with E-state index < -0.39 is 15.9 Å². The Morgan fingerprint density at radius 2 is 1.83 bits per heavy atom. The minimum absolute atomic E-state index is 0.134. The molecule has 0 radical (unpaired) electrons. The Labute approximate surface area is 109 Å². The average molecular weight is 274 g/mol. The lowest BCUT2D eigenvalue weighted by molar-refractivity contribution is 0.164. The van der Waals surface area contributed by atoms with Gasteiger partial charge in [-0.1, -0.05) is 6.92 Å². The van der Waals surface area contributed by atoms with Crippen LogP contribution in [0.3, 0.4) is 0 Å². The van der Waals surface area contributed by atoms with E-state index in [9.17, 15) is 13.5 Å². The minimum Gasteiger partial charge on any atom is -0.466 e. The molecule has 5 heteroatoms. The third-order valence-corrected chi connectivity index (χ3v) is 5.11. The van der Waals surface area contributed by atoms with Crippen LogP contribution in [0.4, 0.5) is 0 Å². The zero-order valence-corrected chi connectivity index (χ0v) is 12.3. The maximum absolute atomic E-state index is 11.4. The number of hydrogen-bond acceptors (Lipinski definition) is 4. The van der Waals surface area contributed by atoms with Gasteiger partial charge in [-0.2, -0.15) is 0 Å². The van der Waals surface area contributed by atoms with Crippen molar-refractivity contribution in [2.24, 2.45) is 0 Å². The zero-order chi connectivity index (χ0) is 13.9. The molecule has 1 aromatic rings. The van der Waals surface area contributed by atoms with Gasteiger partial charge in [0.2, 0.25) is 0 Å². The fourth-order valence-corrected chi connectivity index (χ4v) is 2.98. The van der Waals surface area contributed by atoms with E-state index in [2.05, 4.69) is 0 Å². The van der Waals surface area contributed by atoms with Crippen molar-refractivity contribution in [2.45, 2.75) is 46.6 Å². The van der Waals surface area contributed by atoms with Gasteiger partial charge in [0.25, 0.3) is 0 Å². The van der Waals surface area contributed by atoms with E-state index in [1.165, 1.54) is 0 Å². The molecule has 1 N–H and O–H groups in total. The van der Waals surface area contributed by atoms with Crippen molar-refractivity contribution in [1.82, 2.24) is 0 Å². The number of sulfone groups is 1. The van der Waals surface area contributed by atoms with E-state index in [1.807, 2.05) is 20.8 Å². The van der Waals surface area contributed by atoms with Gasteiger partial charge in [-0.3, -0.25) is 0 Å². The van der Waals surface area contributed by atoms with Gasteiger partial charge in [0.05, 0.1) is 11.9 Å². The lowest BCUT2D eigenvalue weighted by Gasteiger charge is -2.11. The van der Waals surface area contributed by atoms with Crippen molar-refractivity contribution in [3.05, 3.63) is 22.6 Å². The Hall–Kier alpha value is -0.810. The number of furan rings is 1. The topological polar surface area (TPSA) is 67.5 Å². The van der Waals surface area contributed by atoms with Crippen LogP contribution in [0, 0.1) is 20.8 Å². The molecule has 4 nitrogen and oxygen atoms in total. The molecular formula is C13H22O4S. The molecule has 0 aliphatic carbocycles. The SMILES string of the molecule is CCS(=O)(=O)CCCC(O)c1c(C)oc(C)c1C. The van der Waals surface area contributed by atoms with Crippen molar-refractivity contribution in [3.8, 4) is 0 Å². The van der Waals surface area contributed by atoms with Crippen molar-refractivity contribution in [3.63, 3.8) is 0 Å². The van der Waals surface area contributed by atoms with Crippen LogP contribution >= 0.6 is 0 Å². The largest absolute Gasteiger partial charge is 0.466 e. The van der Waals surface area contributed by atoms with Crippen LogP contribution < -0.4 is 0 Å². The van der Waals surface area contributed by atoms with Gasteiger partial charge < -0.3 is 9.52 Å². The van der Waals surface area contributed by atoms with Crippen LogP contribution in [0.2, 0.25) is 0 Å². The van der Waals surface area contributed by atoms with E-state index in [4.69, 9.17) is 4.42 Å². The third-order valence-electron chi connectivity index (χ3n) is 3.32. The van der Waals surface area contributed by atoms with Crippen LogP contribution in [0.15, 0.2) is 4.42 Å². The Balaban J connectivity index is 2.64. The molecular weight excluding hydrogens is 252 g/mol. The van der Waals surface area contributed by atoms with Crippen LogP contribution in [0.1, 0.15) is 48.5 Å². The molecule has 0 saturated carbocycles. The Morgan fingerprint density at radius 1 is 1.22 bits per heavy atom. The first kappa shape index (κ1) is 15.2. The molecule has 0 amide bonds. The first-order valence-corrected chi connectivity index (χ1v) is 8.05. The van der Waals surface area contributed by atoms with Crippen molar-refractivity contribution in [1.29, 1.82) is 0 Å². The summed E-state index contributed by atoms with van der Waals surface area (Å²) >= 11 is 0. The fraction of sp³-hybridized carbons (Fsp3) is 0.692. The Kier molecular flexibility index (Phi) is 4.99. The molecule has 1 rings (SSSR count). The lowest BCUT2D eigenvalue weighted by atomic mass is 10.0. The van der Waals surface area contributed by atoms with Gasteiger partial charge in [-0.15, -0.1) is 0 Å². The summed E-state index contributed by atoms with van der Waals surface area (Å²) in [6.45, 7) is 7.23. The molecule has 1 heterocycles. The summed E-state index contributed by atoms with van der Waals surface area (Å²) in [5, 5.41) is 10.1. The second-order valence-corrected chi connectivity index (χ2v) is 7.12. The number of aliphatic hydroxyl groups excluding tert-OH is 1. The maximum atomic E-state index is 11.4. The van der Waals surface area contributed by atoms with Gasteiger partial charge in [-0.05, 0) is 39.2 Å². The van der Waals surface area contributed by atoms with Crippen molar-refractivity contribution >= 4 is 9.84 Å². The summed E-state index contributed by atoms with van der Waals surface area (Å²) in [6, 6.07) is 0. The number of hydrogen-bond donors (Lipinski definition) is 1. The Morgan fingerprint density at radius 3 is 2.28 bits per heavy atom. The zero-order valence-electron chi connectivity index (χ0n) is 11.5. The molecule has 1 unspecified atom stereocenters. The van der Waals surface area contributed by atoms with Gasteiger partial charge >= 0.3 is 0 Å². The standard InChI is InChI=1S/C13H22O4S/c1-5-18(15,16)8-6-7-12(14)13-9(2)10(3)17-11(13)4/h12,14H,5-8H2,1-4H3. The van der Waals surface area contributed by atoms with Gasteiger partial charge in [-0.25, -0.2) is 8.42 Å². The molecule has 18 heavy (non-hydrogen) atoms. The lowest BCUT2D eigenvalue weighted by Crippen LogP contribution is -2.10. The minimum atomic E-state index is -2.95. The normalized spacial score (nSPS) is 13.8. The fourth-order valence-electron chi connectivity index (χ4n) is 2.08. The second-order valence-electron chi connectivity index (χ2n) is 4.65. The molecule has 0 spiro atoms. The first-order valence-electron chi connectivity index (χ1n) is 6.23. The first-order chi connectivity index (χ1) is 8.28. The molecule has 0 saturated heterocycles. The summed E-state index contributed by atoms with van der Waals surface area (Å²) in [5.74, 6) is 1.82. The predicted octanol–water partition coefficient (Wildman–Crippen LogP) is 2.45. The summed E-state index contributed by atoms with van der Waals surface area (Å²) in [5.41, 5.74) is 1.76. The van der Waals surface area contributed by atoms with Crippen molar-refractivity contribution in [2.75, 3.05) is 11.5 Å². The summed E-state index contributed by atoms with van der Waals surface area (Å²) in [7, 11) is -2.95. The monoisotopic (exact) mass is 274 g/mol. The van der Waals surface area contributed by atoms with Gasteiger partial charge in [0.1, 0.15) is 21.4 Å². The van der Waals surface area contributed by atoms with E-state index >= 15 is 0 Å². The quantitative estimate of drug-likeness (QED) is 0.865. The highest BCUT2D eigenvalue weighted by molar-refractivity contribution is 7.91. The van der Waals surface area contributed by atoms with E-state index in [0.717, 1.165) is 22.6 Å².